The number of aryl methyl sites for hydroxylation is 1. The van der Waals surface area contributed by atoms with Crippen molar-refractivity contribution in [1.29, 1.82) is 0 Å². The number of furan rings is 1. The summed E-state index contributed by atoms with van der Waals surface area (Å²) in [4.78, 5) is 14.3. The summed E-state index contributed by atoms with van der Waals surface area (Å²) < 4.78 is 11.2. The molecule has 1 unspecified atom stereocenters. The van der Waals surface area contributed by atoms with Crippen LogP contribution in [0.4, 0.5) is 4.79 Å². The SMILES string of the molecule is Cc1ccc(-c2ccc(/C=N/N3CC(CN4CCCC4)OC3=O)o2)cc1. The Hall–Kier alpha value is -2.60. The lowest BCUT2D eigenvalue weighted by Crippen LogP contribution is -2.32. The summed E-state index contributed by atoms with van der Waals surface area (Å²) in [6.45, 7) is 5.50. The van der Waals surface area contributed by atoms with Crippen LogP contribution < -0.4 is 0 Å². The third kappa shape index (κ3) is 3.80. The van der Waals surface area contributed by atoms with Gasteiger partial charge in [-0.05, 0) is 45.0 Å². The van der Waals surface area contributed by atoms with Crippen molar-refractivity contribution >= 4 is 12.3 Å². The van der Waals surface area contributed by atoms with Crippen molar-refractivity contribution in [3.05, 3.63) is 47.7 Å². The van der Waals surface area contributed by atoms with Gasteiger partial charge in [0.1, 0.15) is 17.6 Å². The van der Waals surface area contributed by atoms with Crippen LogP contribution in [-0.4, -0.2) is 54.5 Å². The molecule has 136 valence electrons. The number of likely N-dealkylation sites (tertiary alicyclic amines) is 1. The number of rotatable bonds is 5. The molecule has 1 aromatic carbocycles. The average Bonchev–Trinajstić information content (AvgIpc) is 3.36. The van der Waals surface area contributed by atoms with Gasteiger partial charge < -0.3 is 9.15 Å². The van der Waals surface area contributed by atoms with E-state index >= 15 is 0 Å². The number of hydrogen-bond donors (Lipinski definition) is 0. The Morgan fingerprint density at radius 1 is 1.15 bits per heavy atom. The van der Waals surface area contributed by atoms with Gasteiger partial charge in [-0.25, -0.2) is 4.79 Å². The van der Waals surface area contributed by atoms with Gasteiger partial charge in [0.2, 0.25) is 0 Å². The Balaban J connectivity index is 1.37. The molecule has 6 nitrogen and oxygen atoms in total. The minimum absolute atomic E-state index is 0.113. The molecule has 6 heteroatoms. The zero-order valence-electron chi connectivity index (χ0n) is 14.9. The molecular formula is C20H23N3O3. The fourth-order valence-electron chi connectivity index (χ4n) is 3.37. The minimum Gasteiger partial charge on any atom is -0.455 e. The summed E-state index contributed by atoms with van der Waals surface area (Å²) in [5, 5.41) is 5.61. The highest BCUT2D eigenvalue weighted by atomic mass is 16.6. The van der Waals surface area contributed by atoms with Crippen LogP contribution in [0.1, 0.15) is 24.2 Å². The van der Waals surface area contributed by atoms with E-state index in [1.165, 1.54) is 23.4 Å². The Bertz CT molecular complexity index is 791. The molecule has 26 heavy (non-hydrogen) atoms. The zero-order valence-corrected chi connectivity index (χ0v) is 14.9. The third-order valence-corrected chi connectivity index (χ3v) is 4.80. The number of benzene rings is 1. The molecule has 4 rings (SSSR count). The largest absolute Gasteiger partial charge is 0.455 e. The Labute approximate surface area is 153 Å². The van der Waals surface area contributed by atoms with Crippen LogP contribution in [0.25, 0.3) is 11.3 Å². The van der Waals surface area contributed by atoms with Crippen molar-refractivity contribution in [3.8, 4) is 11.3 Å². The maximum Gasteiger partial charge on any atom is 0.430 e. The Kier molecular flexibility index (Phi) is 4.75. The number of hydrazone groups is 1. The fourth-order valence-corrected chi connectivity index (χ4v) is 3.37. The number of nitrogens with zero attached hydrogens (tertiary/aromatic N) is 3. The van der Waals surface area contributed by atoms with Crippen LogP contribution in [0.3, 0.4) is 0 Å². The van der Waals surface area contributed by atoms with E-state index in [9.17, 15) is 4.79 Å². The summed E-state index contributed by atoms with van der Waals surface area (Å²) in [5.41, 5.74) is 2.22. The second-order valence-electron chi connectivity index (χ2n) is 6.91. The first-order valence-corrected chi connectivity index (χ1v) is 9.09. The van der Waals surface area contributed by atoms with Crippen LogP contribution in [0, 0.1) is 6.92 Å². The number of carbonyl (C=O) groups is 1. The summed E-state index contributed by atoms with van der Waals surface area (Å²) in [7, 11) is 0. The van der Waals surface area contributed by atoms with Gasteiger partial charge in [0, 0.05) is 12.1 Å². The average molecular weight is 353 g/mol. The van der Waals surface area contributed by atoms with Crippen molar-refractivity contribution in [3.63, 3.8) is 0 Å². The molecule has 3 heterocycles. The van der Waals surface area contributed by atoms with E-state index in [1.807, 2.05) is 36.4 Å². The van der Waals surface area contributed by atoms with Crippen molar-refractivity contribution in [2.24, 2.45) is 5.10 Å². The van der Waals surface area contributed by atoms with Gasteiger partial charge in [-0.1, -0.05) is 29.8 Å². The van der Waals surface area contributed by atoms with E-state index < -0.39 is 6.09 Å². The molecule has 2 aliphatic heterocycles. The second kappa shape index (κ2) is 7.33. The molecule has 1 atom stereocenters. The number of carbonyl (C=O) groups excluding carboxylic acids is 1. The highest BCUT2D eigenvalue weighted by Crippen LogP contribution is 2.22. The van der Waals surface area contributed by atoms with E-state index in [1.54, 1.807) is 6.21 Å². The van der Waals surface area contributed by atoms with Gasteiger partial charge in [0.15, 0.2) is 0 Å². The molecule has 0 N–H and O–H groups in total. The lowest BCUT2D eigenvalue weighted by Gasteiger charge is -2.17. The van der Waals surface area contributed by atoms with Crippen molar-refractivity contribution in [2.45, 2.75) is 25.9 Å². The zero-order chi connectivity index (χ0) is 17.9. The van der Waals surface area contributed by atoms with Crippen LogP contribution in [0.2, 0.25) is 0 Å². The third-order valence-electron chi connectivity index (χ3n) is 4.80. The molecule has 2 fully saturated rings. The predicted molar refractivity (Wildman–Crippen MR) is 99.1 cm³/mol. The number of amides is 1. The van der Waals surface area contributed by atoms with Crippen molar-refractivity contribution in [1.82, 2.24) is 9.91 Å². The quantitative estimate of drug-likeness (QED) is 0.772. The van der Waals surface area contributed by atoms with Gasteiger partial charge >= 0.3 is 6.09 Å². The molecular weight excluding hydrogens is 330 g/mol. The Morgan fingerprint density at radius 3 is 2.69 bits per heavy atom. The molecule has 0 bridgehead atoms. The molecule has 2 aromatic rings. The topological polar surface area (TPSA) is 58.3 Å². The number of hydrogen-bond acceptors (Lipinski definition) is 5. The van der Waals surface area contributed by atoms with E-state index in [-0.39, 0.29) is 6.10 Å². The van der Waals surface area contributed by atoms with Gasteiger partial charge in [0.25, 0.3) is 0 Å². The predicted octanol–water partition coefficient (Wildman–Crippen LogP) is 3.51. The first-order valence-electron chi connectivity index (χ1n) is 9.09. The first-order chi connectivity index (χ1) is 12.7. The lowest BCUT2D eigenvalue weighted by molar-refractivity contribution is 0.113. The van der Waals surface area contributed by atoms with Crippen molar-refractivity contribution in [2.75, 3.05) is 26.2 Å². The summed E-state index contributed by atoms with van der Waals surface area (Å²) in [6.07, 6.45) is 3.51. The standard InChI is InChI=1S/C20H23N3O3/c1-15-4-6-16(7-5-15)19-9-8-17(25-19)12-21-23-14-18(26-20(23)24)13-22-10-2-3-11-22/h4-9,12,18H,2-3,10-11,13-14H2,1H3/b21-12+. The van der Waals surface area contributed by atoms with Crippen molar-refractivity contribution < 1.29 is 13.9 Å². The van der Waals surface area contributed by atoms with Gasteiger partial charge in [-0.2, -0.15) is 10.1 Å². The van der Waals surface area contributed by atoms with Gasteiger partial charge in [-0.3, -0.25) is 4.90 Å². The van der Waals surface area contributed by atoms with Gasteiger partial charge in [-0.15, -0.1) is 0 Å². The molecule has 1 amide bonds. The molecule has 2 aliphatic rings. The maximum absolute atomic E-state index is 12.0. The van der Waals surface area contributed by atoms with Gasteiger partial charge in [0.05, 0.1) is 12.8 Å². The highest BCUT2D eigenvalue weighted by molar-refractivity contribution is 5.79. The minimum atomic E-state index is -0.393. The van der Waals surface area contributed by atoms with Crippen LogP contribution in [-0.2, 0) is 4.74 Å². The molecule has 0 aliphatic carbocycles. The van der Waals surface area contributed by atoms with E-state index in [2.05, 4.69) is 16.9 Å². The van der Waals surface area contributed by atoms with Crippen LogP contribution >= 0.6 is 0 Å². The van der Waals surface area contributed by atoms with E-state index in [0.29, 0.717) is 12.3 Å². The number of ether oxygens (including phenoxy) is 1. The summed E-state index contributed by atoms with van der Waals surface area (Å²) in [5.74, 6) is 1.39. The lowest BCUT2D eigenvalue weighted by atomic mass is 10.1. The first kappa shape index (κ1) is 16.8. The molecule has 0 radical (unpaired) electrons. The van der Waals surface area contributed by atoms with Crippen LogP contribution in [0.15, 0.2) is 45.9 Å². The molecule has 1 aromatic heterocycles. The maximum atomic E-state index is 12.0. The fraction of sp³-hybridized carbons (Fsp3) is 0.400. The van der Waals surface area contributed by atoms with E-state index in [0.717, 1.165) is 31.0 Å². The van der Waals surface area contributed by atoms with Crippen LogP contribution in [0.5, 0.6) is 0 Å². The molecule has 2 saturated heterocycles. The van der Waals surface area contributed by atoms with E-state index in [4.69, 9.17) is 9.15 Å². The Morgan fingerprint density at radius 2 is 1.92 bits per heavy atom. The smallest absolute Gasteiger partial charge is 0.430 e. The normalized spacial score (nSPS) is 21.0. The summed E-state index contributed by atoms with van der Waals surface area (Å²) >= 11 is 0. The highest BCUT2D eigenvalue weighted by Gasteiger charge is 2.32. The monoisotopic (exact) mass is 353 g/mol. The summed E-state index contributed by atoms with van der Waals surface area (Å²) in [6, 6.07) is 11.9. The molecule has 0 spiro atoms. The molecule has 0 saturated carbocycles. The number of cyclic esters (lactones) is 1. The second-order valence-corrected chi connectivity index (χ2v) is 6.91.